The number of nitrogens with one attached hydrogen (secondary N) is 2. The molecule has 2 heterocycles. The second kappa shape index (κ2) is 10.6. The van der Waals surface area contributed by atoms with Gasteiger partial charge in [0.25, 0.3) is 0 Å². The Morgan fingerprint density at radius 1 is 1.03 bits per heavy atom. The van der Waals surface area contributed by atoms with Gasteiger partial charge in [-0.1, -0.05) is 6.07 Å². The van der Waals surface area contributed by atoms with Gasteiger partial charge in [-0.15, -0.1) is 5.06 Å². The van der Waals surface area contributed by atoms with Crippen molar-refractivity contribution in [1.29, 1.82) is 0 Å². The number of anilines is 1. The van der Waals surface area contributed by atoms with Crippen molar-refractivity contribution in [2.24, 2.45) is 0 Å². The molecule has 10 nitrogen and oxygen atoms in total. The van der Waals surface area contributed by atoms with Crippen molar-refractivity contribution < 1.29 is 41.5 Å². The summed E-state index contributed by atoms with van der Waals surface area (Å²) in [6.45, 7) is -0.560. The Morgan fingerprint density at radius 3 is 2.39 bits per heavy atom. The molecule has 0 fully saturated rings. The number of amides is 2. The second-order valence-electron chi connectivity index (χ2n) is 7.73. The Hall–Kier alpha value is -4.88. The molecule has 0 aliphatic rings. The zero-order valence-corrected chi connectivity index (χ0v) is 19.8. The SMILES string of the molecule is COc1ccc(CN(OC(=O)C(F)(F)F)C(=O)Nc2cc3[nH]nc(-c4ccc(F)cc4)c3cn2)cc1OC. The number of urea groups is 1. The fraction of sp³-hybridized carbons (Fsp3) is 0.167. The molecule has 0 saturated heterocycles. The summed E-state index contributed by atoms with van der Waals surface area (Å²) >= 11 is 0. The van der Waals surface area contributed by atoms with Crippen LogP contribution >= 0.6 is 0 Å². The number of ether oxygens (including phenoxy) is 2. The third-order valence-corrected chi connectivity index (χ3v) is 5.23. The highest BCUT2D eigenvalue weighted by molar-refractivity contribution is 5.95. The average molecular weight is 533 g/mol. The van der Waals surface area contributed by atoms with Crippen LogP contribution in [0.15, 0.2) is 54.7 Å². The number of nitrogens with zero attached hydrogens (tertiary/aromatic N) is 3. The second-order valence-corrected chi connectivity index (χ2v) is 7.73. The number of methoxy groups -OCH3 is 2. The van der Waals surface area contributed by atoms with Crippen LogP contribution in [0.3, 0.4) is 0 Å². The third-order valence-electron chi connectivity index (χ3n) is 5.23. The van der Waals surface area contributed by atoms with Gasteiger partial charge in [0.2, 0.25) is 0 Å². The van der Waals surface area contributed by atoms with Crippen LogP contribution < -0.4 is 14.8 Å². The molecule has 0 spiro atoms. The lowest BCUT2D eigenvalue weighted by atomic mass is 10.1. The number of H-pyrrole nitrogens is 1. The predicted octanol–water partition coefficient (Wildman–Crippen LogP) is 4.84. The van der Waals surface area contributed by atoms with E-state index in [1.807, 2.05) is 0 Å². The molecule has 4 rings (SSSR count). The molecule has 2 amide bonds. The van der Waals surface area contributed by atoms with E-state index in [1.165, 1.54) is 68.9 Å². The summed E-state index contributed by atoms with van der Waals surface area (Å²) in [5, 5.41) is 9.97. The van der Waals surface area contributed by atoms with Crippen molar-refractivity contribution in [1.82, 2.24) is 20.2 Å². The number of carbonyl (C=O) groups excluding carboxylic acids is 2. The van der Waals surface area contributed by atoms with Crippen molar-refractivity contribution in [2.45, 2.75) is 12.7 Å². The van der Waals surface area contributed by atoms with Gasteiger partial charge in [-0.3, -0.25) is 10.4 Å². The standard InChI is InChI=1S/C24H19F4N5O5/c1-36-18-8-3-13(9-19(18)37-2)12-33(38-22(34)24(26,27)28)23(35)30-20-10-17-16(11-29-20)21(32-31-17)14-4-6-15(25)7-5-14/h3-11H,12H2,1-2H3,(H,31,32)(H,29,30,35). The fourth-order valence-electron chi connectivity index (χ4n) is 3.42. The van der Waals surface area contributed by atoms with Crippen LogP contribution in [-0.4, -0.2) is 52.6 Å². The first kappa shape index (κ1) is 26.2. The summed E-state index contributed by atoms with van der Waals surface area (Å²) in [6.07, 6.45) is -3.98. The zero-order valence-electron chi connectivity index (χ0n) is 19.8. The molecule has 0 aliphatic carbocycles. The smallest absolute Gasteiger partial charge is 0.493 e. The van der Waals surface area contributed by atoms with Crippen molar-refractivity contribution in [3.05, 3.63) is 66.1 Å². The minimum absolute atomic E-state index is 0.0721. The maximum atomic E-state index is 13.2. The van der Waals surface area contributed by atoms with Gasteiger partial charge < -0.3 is 14.3 Å². The lowest BCUT2D eigenvalue weighted by molar-refractivity contribution is -0.228. The van der Waals surface area contributed by atoms with E-state index in [0.717, 1.165) is 0 Å². The number of alkyl halides is 3. The lowest BCUT2D eigenvalue weighted by Gasteiger charge is -2.22. The summed E-state index contributed by atoms with van der Waals surface area (Å²) in [5.74, 6) is -2.49. The molecule has 0 unspecified atom stereocenters. The Kier molecular flexibility index (Phi) is 7.32. The number of rotatable bonds is 6. The highest BCUT2D eigenvalue weighted by Gasteiger charge is 2.43. The van der Waals surface area contributed by atoms with Gasteiger partial charge in [-0.25, -0.2) is 19.0 Å². The molecule has 0 atom stereocenters. The normalized spacial score (nSPS) is 11.2. The first-order chi connectivity index (χ1) is 18.1. The lowest BCUT2D eigenvalue weighted by Crippen LogP contribution is -2.40. The summed E-state index contributed by atoms with van der Waals surface area (Å²) < 4.78 is 62.2. The molecule has 0 saturated carbocycles. The number of aromatic amines is 1. The Morgan fingerprint density at radius 2 is 1.74 bits per heavy atom. The van der Waals surface area contributed by atoms with Crippen LogP contribution in [0.25, 0.3) is 22.2 Å². The molecule has 2 aromatic heterocycles. The summed E-state index contributed by atoms with van der Waals surface area (Å²) in [6, 6.07) is 10.1. The molecule has 0 aliphatic heterocycles. The van der Waals surface area contributed by atoms with E-state index in [9.17, 15) is 27.2 Å². The average Bonchev–Trinajstić information content (AvgIpc) is 3.31. The molecule has 2 N–H and O–H groups in total. The quantitative estimate of drug-likeness (QED) is 0.269. The molecule has 4 aromatic rings. The number of hydroxylamine groups is 2. The number of halogens is 4. The first-order valence-corrected chi connectivity index (χ1v) is 10.8. The number of hydrogen-bond acceptors (Lipinski definition) is 7. The highest BCUT2D eigenvalue weighted by Crippen LogP contribution is 2.29. The fourth-order valence-corrected chi connectivity index (χ4v) is 3.42. The monoisotopic (exact) mass is 533 g/mol. The molecule has 0 radical (unpaired) electrons. The topological polar surface area (TPSA) is 119 Å². The third kappa shape index (κ3) is 5.74. The van der Waals surface area contributed by atoms with Crippen LogP contribution in [0.1, 0.15) is 5.56 Å². The van der Waals surface area contributed by atoms with Gasteiger partial charge >= 0.3 is 18.2 Å². The van der Waals surface area contributed by atoms with Crippen LogP contribution in [0.4, 0.5) is 28.2 Å². The van der Waals surface area contributed by atoms with Crippen molar-refractivity contribution in [3.8, 4) is 22.8 Å². The van der Waals surface area contributed by atoms with Crippen molar-refractivity contribution in [3.63, 3.8) is 0 Å². The van der Waals surface area contributed by atoms with Crippen molar-refractivity contribution in [2.75, 3.05) is 19.5 Å². The van der Waals surface area contributed by atoms with E-state index < -0.39 is 30.5 Å². The van der Waals surface area contributed by atoms with Crippen LogP contribution in [0, 0.1) is 5.82 Å². The number of hydrogen-bond donors (Lipinski definition) is 2. The van der Waals surface area contributed by atoms with Gasteiger partial charge in [0.1, 0.15) is 17.3 Å². The number of carbonyl (C=O) groups is 2. The van der Waals surface area contributed by atoms with E-state index >= 15 is 0 Å². The van der Waals surface area contributed by atoms with E-state index in [4.69, 9.17) is 9.47 Å². The van der Waals surface area contributed by atoms with Gasteiger partial charge in [0.15, 0.2) is 11.5 Å². The van der Waals surface area contributed by atoms with Gasteiger partial charge in [-0.2, -0.15) is 18.3 Å². The number of aromatic nitrogens is 3. The zero-order chi connectivity index (χ0) is 27.4. The van der Waals surface area contributed by atoms with Crippen LogP contribution in [-0.2, 0) is 16.2 Å². The minimum Gasteiger partial charge on any atom is -0.493 e. The maximum Gasteiger partial charge on any atom is 0.493 e. The van der Waals surface area contributed by atoms with E-state index in [0.29, 0.717) is 27.9 Å². The molecule has 198 valence electrons. The Bertz CT molecular complexity index is 1470. The van der Waals surface area contributed by atoms with Crippen molar-refractivity contribution >= 4 is 28.7 Å². The molecule has 0 bridgehead atoms. The molecule has 38 heavy (non-hydrogen) atoms. The van der Waals surface area contributed by atoms with Gasteiger partial charge in [-0.05, 0) is 42.0 Å². The Balaban J connectivity index is 1.58. The van der Waals surface area contributed by atoms with Gasteiger partial charge in [0.05, 0.1) is 26.3 Å². The number of benzene rings is 2. The van der Waals surface area contributed by atoms with E-state index in [-0.39, 0.29) is 22.2 Å². The minimum atomic E-state index is -5.35. The number of pyridine rings is 1. The predicted molar refractivity (Wildman–Crippen MR) is 126 cm³/mol. The summed E-state index contributed by atoms with van der Waals surface area (Å²) in [4.78, 5) is 32.8. The van der Waals surface area contributed by atoms with Gasteiger partial charge in [0, 0.05) is 23.2 Å². The number of fused-ring (bicyclic) bond motifs is 1. The summed E-state index contributed by atoms with van der Waals surface area (Å²) in [7, 11) is 2.75. The van der Waals surface area contributed by atoms with Crippen LogP contribution in [0.2, 0.25) is 0 Å². The molecular formula is C24H19F4N5O5. The summed E-state index contributed by atoms with van der Waals surface area (Å²) in [5.41, 5.74) is 1.78. The molecular weight excluding hydrogens is 514 g/mol. The van der Waals surface area contributed by atoms with Crippen LogP contribution in [0.5, 0.6) is 11.5 Å². The largest absolute Gasteiger partial charge is 0.493 e. The van der Waals surface area contributed by atoms with E-state index in [1.54, 1.807) is 0 Å². The Labute approximate surface area is 212 Å². The molecule has 2 aromatic carbocycles. The highest BCUT2D eigenvalue weighted by atomic mass is 19.4. The maximum absolute atomic E-state index is 13.2. The van der Waals surface area contributed by atoms with E-state index in [2.05, 4.69) is 25.3 Å². The first-order valence-electron chi connectivity index (χ1n) is 10.8. The molecule has 14 heteroatoms.